The lowest BCUT2D eigenvalue weighted by Crippen LogP contribution is -2.42. The Morgan fingerprint density at radius 1 is 1.23 bits per heavy atom. The largest absolute Gasteiger partial charge is 0.494 e. The van der Waals surface area contributed by atoms with E-state index < -0.39 is 0 Å². The van der Waals surface area contributed by atoms with Crippen molar-refractivity contribution in [2.24, 2.45) is 0 Å². The van der Waals surface area contributed by atoms with Gasteiger partial charge in [-0.1, -0.05) is 35.5 Å². The predicted molar refractivity (Wildman–Crippen MR) is 133 cm³/mol. The Hall–Kier alpha value is -3.40. The number of aryl methyl sites for hydroxylation is 1. The summed E-state index contributed by atoms with van der Waals surface area (Å²) in [6.45, 7) is 13.4. The summed E-state index contributed by atoms with van der Waals surface area (Å²) in [5.74, 6) is 1.41. The summed E-state index contributed by atoms with van der Waals surface area (Å²) in [5, 5.41) is 8.97. The number of methoxy groups -OCH3 is 1. The molecule has 3 heterocycles. The first kappa shape index (κ1) is 24.7. The fraction of sp³-hybridized carbons (Fsp3) is 0.520. The maximum atomic E-state index is 13.6. The maximum Gasteiger partial charge on any atom is 0.401 e. The van der Waals surface area contributed by atoms with E-state index in [0.717, 1.165) is 35.7 Å². The first-order valence-corrected chi connectivity index (χ1v) is 11.9. The molecule has 10 heteroatoms. The lowest BCUT2D eigenvalue weighted by Gasteiger charge is -2.33. The molecule has 0 atom stereocenters. The molecule has 10 nitrogen and oxygen atoms in total. The number of morpholine rings is 1. The van der Waals surface area contributed by atoms with Gasteiger partial charge in [0.05, 0.1) is 32.6 Å². The maximum absolute atomic E-state index is 13.6. The van der Waals surface area contributed by atoms with Crippen LogP contribution in [0, 0.1) is 6.92 Å². The third-order valence-electron chi connectivity index (χ3n) is 6.13. The first-order chi connectivity index (χ1) is 16.6. The Balaban J connectivity index is 1.74. The van der Waals surface area contributed by atoms with E-state index in [2.05, 4.69) is 35.9 Å². The fourth-order valence-electron chi connectivity index (χ4n) is 4.29. The number of carbonyl (C=O) groups excluding carboxylic acids is 1. The molecule has 0 unspecified atom stereocenters. The number of hydrogen-bond donors (Lipinski definition) is 1. The van der Waals surface area contributed by atoms with Crippen LogP contribution in [0.2, 0.25) is 0 Å². The summed E-state index contributed by atoms with van der Waals surface area (Å²) in [5.41, 5.74) is 10.0. The van der Waals surface area contributed by atoms with Crippen molar-refractivity contribution in [3.05, 3.63) is 34.9 Å². The van der Waals surface area contributed by atoms with Crippen molar-refractivity contribution in [3.63, 3.8) is 0 Å². The number of aromatic nitrogens is 4. The number of ether oxygens (including phenoxy) is 3. The molecule has 0 radical (unpaired) electrons. The molecule has 2 aromatic heterocycles. The normalized spacial score (nSPS) is 14.4. The number of fused-ring (bicyclic) bond motifs is 1. The Morgan fingerprint density at radius 3 is 2.57 bits per heavy atom. The number of nitrogen functional groups attached to an aromatic ring is 1. The van der Waals surface area contributed by atoms with Crippen molar-refractivity contribution in [3.8, 4) is 11.6 Å². The van der Waals surface area contributed by atoms with Gasteiger partial charge >= 0.3 is 5.95 Å². The van der Waals surface area contributed by atoms with E-state index >= 15 is 0 Å². The number of carbonyl (C=O) groups is 1. The number of hydrogen-bond acceptors (Lipinski definition) is 8. The van der Waals surface area contributed by atoms with Crippen molar-refractivity contribution >= 4 is 23.1 Å². The molecule has 1 saturated heterocycles. The van der Waals surface area contributed by atoms with Crippen LogP contribution in [0.5, 0.6) is 11.6 Å². The van der Waals surface area contributed by atoms with Crippen molar-refractivity contribution in [1.29, 1.82) is 0 Å². The molecule has 0 bridgehead atoms. The van der Waals surface area contributed by atoms with Crippen LogP contribution in [0.4, 0.5) is 11.6 Å². The molecular formula is C25H35N6O4+. The van der Waals surface area contributed by atoms with E-state index in [9.17, 15) is 4.79 Å². The number of Topliss-reactive ketones (excluding diaryl/α,β-unsaturated/α-hetero) is 1. The molecule has 0 aliphatic carbocycles. The van der Waals surface area contributed by atoms with E-state index in [-0.39, 0.29) is 23.7 Å². The van der Waals surface area contributed by atoms with Gasteiger partial charge in [0, 0.05) is 35.8 Å². The van der Waals surface area contributed by atoms with Gasteiger partial charge in [-0.25, -0.2) is 0 Å². The van der Waals surface area contributed by atoms with E-state index in [1.54, 1.807) is 7.11 Å². The minimum absolute atomic E-state index is 0.0168. The molecule has 0 amide bonds. The summed E-state index contributed by atoms with van der Waals surface area (Å²) >= 11 is 0. The molecule has 1 aliphatic rings. The van der Waals surface area contributed by atoms with Gasteiger partial charge in [-0.2, -0.15) is 0 Å². The SMILES string of the molecule is CCOc1cc(C)c2n[n+](CC(=O)c3cc(N4CCOCC4)c(OC)c(C(C)(C)C)c3)c(N)n2n1. The van der Waals surface area contributed by atoms with Gasteiger partial charge in [0.2, 0.25) is 5.88 Å². The molecule has 188 valence electrons. The standard InChI is InChI=1S/C25H34N6O4/c1-7-35-21-12-16(2)23-28-30(24(26)31(23)27-21)15-20(32)17-13-18(25(3,4)5)22(33-6)19(14-17)29-8-10-34-11-9-29/h12-14,26H,7-11,15H2,1-6H3/p+1. The molecular weight excluding hydrogens is 448 g/mol. The van der Waals surface area contributed by atoms with Crippen LogP contribution in [0.15, 0.2) is 18.2 Å². The zero-order valence-corrected chi connectivity index (χ0v) is 21.4. The average Bonchev–Trinajstić information content (AvgIpc) is 3.14. The summed E-state index contributed by atoms with van der Waals surface area (Å²) in [4.78, 5) is 15.8. The quantitative estimate of drug-likeness (QED) is 0.403. The Morgan fingerprint density at radius 2 is 1.94 bits per heavy atom. The smallest absolute Gasteiger partial charge is 0.401 e. The van der Waals surface area contributed by atoms with Gasteiger partial charge in [-0.05, 0) is 31.4 Å². The predicted octanol–water partition coefficient (Wildman–Crippen LogP) is 2.33. The summed E-state index contributed by atoms with van der Waals surface area (Å²) in [6.07, 6.45) is 0. The highest BCUT2D eigenvalue weighted by Gasteiger charge is 2.29. The monoisotopic (exact) mass is 483 g/mol. The number of benzene rings is 1. The Labute approximate surface area is 205 Å². The van der Waals surface area contributed by atoms with Gasteiger partial charge in [0.25, 0.3) is 5.65 Å². The van der Waals surface area contributed by atoms with Gasteiger partial charge in [0.15, 0.2) is 12.3 Å². The molecule has 1 aromatic carbocycles. The lowest BCUT2D eigenvalue weighted by atomic mass is 9.84. The molecule has 1 aliphatic heterocycles. The van der Waals surface area contributed by atoms with Gasteiger partial charge < -0.3 is 19.1 Å². The second-order valence-electron chi connectivity index (χ2n) is 9.70. The topological polar surface area (TPSA) is 108 Å². The Bertz CT molecular complexity index is 1240. The van der Waals surface area contributed by atoms with Crippen molar-refractivity contribution in [2.45, 2.75) is 46.6 Å². The first-order valence-electron chi connectivity index (χ1n) is 11.9. The number of nitrogens with two attached hydrogens (primary N) is 1. The molecule has 3 aromatic rings. The van der Waals surface area contributed by atoms with Gasteiger partial charge in [-0.15, -0.1) is 4.68 Å². The van der Waals surface area contributed by atoms with Crippen LogP contribution >= 0.6 is 0 Å². The highest BCUT2D eigenvalue weighted by Crippen LogP contribution is 2.40. The highest BCUT2D eigenvalue weighted by molar-refractivity contribution is 5.97. The number of nitrogens with zero attached hydrogens (tertiary/aromatic N) is 5. The third-order valence-corrected chi connectivity index (χ3v) is 6.13. The molecule has 4 rings (SSSR count). The van der Waals surface area contributed by atoms with E-state index in [1.807, 2.05) is 32.0 Å². The van der Waals surface area contributed by atoms with E-state index in [0.29, 0.717) is 36.9 Å². The van der Waals surface area contributed by atoms with Crippen LogP contribution in [0.3, 0.4) is 0 Å². The summed E-state index contributed by atoms with van der Waals surface area (Å²) in [6, 6.07) is 5.64. The van der Waals surface area contributed by atoms with Crippen LogP contribution in [0.1, 0.15) is 49.2 Å². The van der Waals surface area contributed by atoms with Crippen LogP contribution in [-0.4, -0.2) is 60.5 Å². The summed E-state index contributed by atoms with van der Waals surface area (Å²) < 4.78 is 19.9. The number of anilines is 2. The molecule has 35 heavy (non-hydrogen) atoms. The highest BCUT2D eigenvalue weighted by atomic mass is 16.5. The van der Waals surface area contributed by atoms with Crippen molar-refractivity contribution in [2.75, 3.05) is 50.7 Å². The number of rotatable bonds is 7. The van der Waals surface area contributed by atoms with Gasteiger partial charge in [-0.3, -0.25) is 10.5 Å². The minimum Gasteiger partial charge on any atom is -0.494 e. The van der Waals surface area contributed by atoms with Gasteiger partial charge in [0.1, 0.15) is 5.75 Å². The zero-order valence-electron chi connectivity index (χ0n) is 21.4. The zero-order chi connectivity index (χ0) is 25.3. The van der Waals surface area contributed by atoms with Crippen LogP contribution in [-0.2, 0) is 16.7 Å². The van der Waals surface area contributed by atoms with E-state index in [4.69, 9.17) is 19.9 Å². The third kappa shape index (κ3) is 4.88. The second kappa shape index (κ2) is 9.69. The molecule has 0 spiro atoms. The van der Waals surface area contributed by atoms with Crippen molar-refractivity contribution < 1.29 is 23.7 Å². The van der Waals surface area contributed by atoms with E-state index in [1.165, 1.54) is 9.20 Å². The average molecular weight is 484 g/mol. The minimum atomic E-state index is -0.228. The molecule has 1 fully saturated rings. The van der Waals surface area contributed by atoms with Crippen LogP contribution < -0.4 is 24.8 Å². The lowest BCUT2D eigenvalue weighted by molar-refractivity contribution is -0.723. The second-order valence-corrected chi connectivity index (χ2v) is 9.70. The summed E-state index contributed by atoms with van der Waals surface area (Å²) in [7, 11) is 1.68. The molecule has 2 N–H and O–H groups in total. The fourth-order valence-corrected chi connectivity index (χ4v) is 4.29. The van der Waals surface area contributed by atoms with Crippen LogP contribution in [0.25, 0.3) is 5.65 Å². The Kier molecular flexibility index (Phi) is 6.84. The molecule has 0 saturated carbocycles. The number of ketones is 1. The van der Waals surface area contributed by atoms with Crippen molar-refractivity contribution in [1.82, 2.24) is 14.7 Å².